The Bertz CT molecular complexity index is 615. The molecule has 0 aliphatic carbocycles. The van der Waals surface area contributed by atoms with Crippen molar-refractivity contribution < 1.29 is 0 Å². The van der Waals surface area contributed by atoms with Gasteiger partial charge in [-0.3, -0.25) is 4.90 Å². The van der Waals surface area contributed by atoms with E-state index in [1.165, 1.54) is 11.1 Å². The molecule has 2 aromatic rings. The number of aryl methyl sites for hydroxylation is 1. The molecule has 0 saturated carbocycles. The zero-order chi connectivity index (χ0) is 12.5. The van der Waals surface area contributed by atoms with E-state index < -0.39 is 0 Å². The smallest absolute Gasteiger partial charge is 0.216 e. The highest BCUT2D eigenvalue weighted by Crippen LogP contribution is 2.18. The van der Waals surface area contributed by atoms with Crippen LogP contribution in [0.15, 0.2) is 24.3 Å². The van der Waals surface area contributed by atoms with E-state index in [1.807, 2.05) is 7.05 Å². The summed E-state index contributed by atoms with van der Waals surface area (Å²) in [6.45, 7) is 2.70. The molecule has 0 amide bonds. The number of tetrazole rings is 1. The molecular weight excluding hydrogens is 246 g/mol. The molecule has 1 aliphatic heterocycles. The van der Waals surface area contributed by atoms with Crippen LogP contribution in [0.3, 0.4) is 0 Å². The maximum atomic E-state index is 5.25. The van der Waals surface area contributed by atoms with Gasteiger partial charge in [0.15, 0.2) is 0 Å². The summed E-state index contributed by atoms with van der Waals surface area (Å²) in [6, 6.07) is 8.60. The summed E-state index contributed by atoms with van der Waals surface area (Å²) in [6.07, 6.45) is 1.09. The van der Waals surface area contributed by atoms with Gasteiger partial charge in [0.25, 0.3) is 0 Å². The summed E-state index contributed by atoms with van der Waals surface area (Å²) in [4.78, 5) is 2.34. The predicted octanol–water partition coefficient (Wildman–Crippen LogP) is 1.36. The Morgan fingerprint density at radius 3 is 2.72 bits per heavy atom. The molecule has 0 N–H and O–H groups in total. The first-order valence-electron chi connectivity index (χ1n) is 6.00. The van der Waals surface area contributed by atoms with Gasteiger partial charge in [0.2, 0.25) is 4.77 Å². The third-order valence-corrected chi connectivity index (χ3v) is 3.80. The van der Waals surface area contributed by atoms with Gasteiger partial charge in [-0.05, 0) is 40.2 Å². The van der Waals surface area contributed by atoms with Crippen molar-refractivity contribution in [2.24, 2.45) is 7.05 Å². The fraction of sp³-hybridized carbons (Fsp3) is 0.417. The van der Waals surface area contributed by atoms with Crippen LogP contribution >= 0.6 is 12.2 Å². The Morgan fingerprint density at radius 2 is 2.00 bits per heavy atom. The lowest BCUT2D eigenvalue weighted by molar-refractivity contribution is 0.186. The molecule has 0 bridgehead atoms. The van der Waals surface area contributed by atoms with Gasteiger partial charge in [0.1, 0.15) is 0 Å². The highest BCUT2D eigenvalue weighted by Gasteiger charge is 2.16. The molecule has 5 nitrogen and oxygen atoms in total. The maximum Gasteiger partial charge on any atom is 0.216 e. The van der Waals surface area contributed by atoms with Gasteiger partial charge in [-0.2, -0.15) is 0 Å². The SMILES string of the molecule is Cn1nnn(CN2CCc3ccccc3C2)c1=S. The molecule has 3 rings (SSSR count). The molecule has 6 heteroatoms. The molecule has 1 aromatic heterocycles. The Hall–Kier alpha value is -1.53. The molecule has 0 atom stereocenters. The highest BCUT2D eigenvalue weighted by atomic mass is 32.1. The molecule has 1 aromatic carbocycles. The number of fused-ring (bicyclic) bond motifs is 1. The zero-order valence-electron chi connectivity index (χ0n) is 10.3. The number of benzene rings is 1. The average molecular weight is 261 g/mol. The largest absolute Gasteiger partial charge is 0.280 e. The maximum absolute atomic E-state index is 5.25. The van der Waals surface area contributed by atoms with Crippen molar-refractivity contribution in [3.8, 4) is 0 Å². The fourth-order valence-corrected chi connectivity index (χ4v) is 2.44. The predicted molar refractivity (Wildman–Crippen MR) is 70.4 cm³/mol. The lowest BCUT2D eigenvalue weighted by atomic mass is 10.0. The van der Waals surface area contributed by atoms with Crippen molar-refractivity contribution in [2.75, 3.05) is 6.54 Å². The number of nitrogens with zero attached hydrogens (tertiary/aromatic N) is 5. The average Bonchev–Trinajstić information content (AvgIpc) is 2.71. The van der Waals surface area contributed by atoms with Crippen molar-refractivity contribution in [2.45, 2.75) is 19.6 Å². The second-order valence-corrected chi connectivity index (χ2v) is 4.96. The minimum absolute atomic E-state index is 0.661. The molecule has 0 fully saturated rings. The second kappa shape index (κ2) is 4.62. The van der Waals surface area contributed by atoms with E-state index in [4.69, 9.17) is 12.2 Å². The van der Waals surface area contributed by atoms with E-state index >= 15 is 0 Å². The first-order valence-corrected chi connectivity index (χ1v) is 6.41. The van der Waals surface area contributed by atoms with Crippen LogP contribution in [0, 0.1) is 4.77 Å². The van der Waals surface area contributed by atoms with E-state index in [2.05, 4.69) is 39.6 Å². The minimum Gasteiger partial charge on any atom is -0.280 e. The van der Waals surface area contributed by atoms with E-state index in [9.17, 15) is 0 Å². The summed E-state index contributed by atoms with van der Waals surface area (Å²) < 4.78 is 4.05. The Morgan fingerprint density at radius 1 is 1.22 bits per heavy atom. The summed E-state index contributed by atoms with van der Waals surface area (Å²) in [5.41, 5.74) is 2.86. The van der Waals surface area contributed by atoms with Gasteiger partial charge in [0, 0.05) is 20.1 Å². The first kappa shape index (κ1) is 11.6. The van der Waals surface area contributed by atoms with Gasteiger partial charge in [-0.1, -0.05) is 24.3 Å². The van der Waals surface area contributed by atoms with Crippen LogP contribution in [0.1, 0.15) is 11.1 Å². The monoisotopic (exact) mass is 261 g/mol. The Kier molecular flexibility index (Phi) is 2.97. The quantitative estimate of drug-likeness (QED) is 0.765. The van der Waals surface area contributed by atoms with Crippen molar-refractivity contribution in [3.05, 3.63) is 40.2 Å². The molecule has 0 spiro atoms. The molecule has 94 valence electrons. The summed E-state index contributed by atoms with van der Waals surface area (Å²) in [5, 5.41) is 7.97. The van der Waals surface area contributed by atoms with Gasteiger partial charge in [-0.15, -0.1) is 0 Å². The first-order chi connectivity index (χ1) is 8.74. The van der Waals surface area contributed by atoms with E-state index in [1.54, 1.807) is 9.36 Å². The lowest BCUT2D eigenvalue weighted by Gasteiger charge is -2.28. The number of aromatic nitrogens is 4. The summed E-state index contributed by atoms with van der Waals surface area (Å²) in [5.74, 6) is 0. The second-order valence-electron chi connectivity index (χ2n) is 4.60. The lowest BCUT2D eigenvalue weighted by Crippen LogP contribution is -2.32. The van der Waals surface area contributed by atoms with Crippen LogP contribution in [0.5, 0.6) is 0 Å². The van der Waals surface area contributed by atoms with E-state index in [0.29, 0.717) is 11.4 Å². The molecular formula is C12H15N5S. The zero-order valence-corrected chi connectivity index (χ0v) is 11.1. The van der Waals surface area contributed by atoms with Gasteiger partial charge in [-0.25, -0.2) is 9.36 Å². The third-order valence-electron chi connectivity index (χ3n) is 3.32. The number of rotatable bonds is 2. The van der Waals surface area contributed by atoms with Crippen LogP contribution in [-0.4, -0.2) is 31.2 Å². The molecule has 0 unspecified atom stereocenters. The van der Waals surface area contributed by atoms with Crippen molar-refractivity contribution in [1.82, 2.24) is 24.7 Å². The summed E-state index contributed by atoms with van der Waals surface area (Å²) in [7, 11) is 1.82. The van der Waals surface area contributed by atoms with E-state index in [-0.39, 0.29) is 0 Å². The highest BCUT2D eigenvalue weighted by molar-refractivity contribution is 7.71. The van der Waals surface area contributed by atoms with Crippen molar-refractivity contribution >= 4 is 12.2 Å². The standard InChI is InChI=1S/C12H15N5S/c1-15-12(18)17(14-13-15)9-16-7-6-10-4-2-3-5-11(10)8-16/h2-5H,6-9H2,1H3. The van der Waals surface area contributed by atoms with E-state index in [0.717, 1.165) is 19.5 Å². The van der Waals surface area contributed by atoms with Crippen LogP contribution in [0.2, 0.25) is 0 Å². The molecule has 18 heavy (non-hydrogen) atoms. The topological polar surface area (TPSA) is 38.9 Å². The van der Waals surface area contributed by atoms with Gasteiger partial charge in [0.05, 0.1) is 6.67 Å². The van der Waals surface area contributed by atoms with Gasteiger partial charge < -0.3 is 0 Å². The van der Waals surface area contributed by atoms with Gasteiger partial charge >= 0.3 is 0 Å². The van der Waals surface area contributed by atoms with Crippen molar-refractivity contribution in [3.63, 3.8) is 0 Å². The number of hydrogen-bond acceptors (Lipinski definition) is 4. The minimum atomic E-state index is 0.661. The third kappa shape index (κ3) is 2.09. The van der Waals surface area contributed by atoms with Crippen LogP contribution < -0.4 is 0 Å². The molecule has 1 aliphatic rings. The van der Waals surface area contributed by atoms with Crippen molar-refractivity contribution in [1.29, 1.82) is 0 Å². The molecule has 0 radical (unpaired) electrons. The molecule has 0 saturated heterocycles. The Balaban J connectivity index is 1.77. The fourth-order valence-electron chi connectivity index (χ4n) is 2.30. The van der Waals surface area contributed by atoms with Crippen LogP contribution in [-0.2, 0) is 26.7 Å². The number of hydrogen-bond donors (Lipinski definition) is 0. The molecule has 2 heterocycles. The van der Waals surface area contributed by atoms with Crippen LogP contribution in [0.4, 0.5) is 0 Å². The normalized spacial score (nSPS) is 15.6. The van der Waals surface area contributed by atoms with Crippen LogP contribution in [0.25, 0.3) is 0 Å². The Labute approximate surface area is 111 Å². The summed E-state index contributed by atoms with van der Waals surface area (Å²) >= 11 is 5.25.